The fraction of sp³-hybridized carbons (Fsp3) is 0.423. The van der Waals surface area contributed by atoms with Gasteiger partial charge in [0.25, 0.3) is 5.91 Å². The summed E-state index contributed by atoms with van der Waals surface area (Å²) < 4.78 is 10.9. The van der Waals surface area contributed by atoms with Crippen molar-refractivity contribution >= 4 is 35.5 Å². The molecule has 0 aliphatic carbocycles. The molecule has 0 N–H and O–H groups in total. The summed E-state index contributed by atoms with van der Waals surface area (Å²) in [6, 6.07) is 13.3. The molecular formula is C26H31N3O4S. The maximum absolute atomic E-state index is 13.2. The third-order valence-corrected chi connectivity index (χ3v) is 6.94. The number of carbonyl (C=O) groups is 2. The zero-order valence-corrected chi connectivity index (χ0v) is 20.6. The summed E-state index contributed by atoms with van der Waals surface area (Å²) in [5.41, 5.74) is 3.35. The number of amides is 1. The predicted molar refractivity (Wildman–Crippen MR) is 136 cm³/mol. The molecule has 1 fully saturated rings. The topological polar surface area (TPSA) is 71.4 Å². The lowest BCUT2D eigenvalue weighted by molar-refractivity contribution is -0.144. The van der Waals surface area contributed by atoms with Crippen LogP contribution in [0.3, 0.4) is 0 Å². The van der Waals surface area contributed by atoms with Crippen molar-refractivity contribution in [2.75, 3.05) is 49.8 Å². The molecule has 0 radical (unpaired) electrons. The number of hydrazone groups is 1. The van der Waals surface area contributed by atoms with Gasteiger partial charge in [0.1, 0.15) is 5.75 Å². The molecule has 2 aromatic rings. The summed E-state index contributed by atoms with van der Waals surface area (Å²) in [7, 11) is 1.77. The number of anilines is 1. The van der Waals surface area contributed by atoms with Gasteiger partial charge in [-0.15, -0.1) is 0 Å². The van der Waals surface area contributed by atoms with E-state index in [4.69, 9.17) is 9.47 Å². The van der Waals surface area contributed by atoms with Crippen LogP contribution in [0.1, 0.15) is 34.8 Å². The monoisotopic (exact) mass is 481 g/mol. The number of rotatable bonds is 7. The molecule has 0 saturated carbocycles. The van der Waals surface area contributed by atoms with Crippen molar-refractivity contribution in [3.8, 4) is 5.75 Å². The molecule has 1 amide bonds. The van der Waals surface area contributed by atoms with Crippen molar-refractivity contribution in [1.29, 1.82) is 0 Å². The van der Waals surface area contributed by atoms with Gasteiger partial charge in [-0.3, -0.25) is 14.6 Å². The zero-order valence-electron chi connectivity index (χ0n) is 19.7. The van der Waals surface area contributed by atoms with E-state index in [1.165, 1.54) is 0 Å². The van der Waals surface area contributed by atoms with E-state index in [0.717, 1.165) is 47.2 Å². The Kier molecular flexibility index (Phi) is 8.11. The average Bonchev–Trinajstić information content (AvgIpc) is 2.87. The Morgan fingerprint density at radius 3 is 2.71 bits per heavy atom. The van der Waals surface area contributed by atoms with Crippen LogP contribution in [0.4, 0.5) is 5.69 Å². The quantitative estimate of drug-likeness (QED) is 0.442. The third-order valence-electron chi connectivity index (χ3n) is 5.99. The standard InChI is InChI=1S/C26H31N3O4S/c1-3-32-25(30)15-20-14-22-16-21(6-9-24(22)33-18-20)26(31)28(2)23-7-4-19(5-8-23)17-27-29-10-12-34-13-11-29/h4-9,16-17,20H,3,10-15,18H2,1-2H3. The number of thioether (sulfide) groups is 1. The van der Waals surface area contributed by atoms with Crippen molar-refractivity contribution in [2.24, 2.45) is 11.0 Å². The van der Waals surface area contributed by atoms with E-state index < -0.39 is 0 Å². The lowest BCUT2D eigenvalue weighted by Gasteiger charge is -2.25. The van der Waals surface area contributed by atoms with Crippen LogP contribution >= 0.6 is 11.8 Å². The highest BCUT2D eigenvalue weighted by Gasteiger charge is 2.24. The molecule has 2 aliphatic heterocycles. The Hall–Kier alpha value is -3.00. The van der Waals surface area contributed by atoms with Crippen LogP contribution in [0.15, 0.2) is 47.6 Å². The third kappa shape index (κ3) is 6.11. The second kappa shape index (κ2) is 11.4. The lowest BCUT2D eigenvalue weighted by atomic mass is 9.93. The predicted octanol–water partition coefficient (Wildman–Crippen LogP) is 3.85. The summed E-state index contributed by atoms with van der Waals surface area (Å²) in [6.07, 6.45) is 2.87. The maximum Gasteiger partial charge on any atom is 0.306 e. The van der Waals surface area contributed by atoms with E-state index in [9.17, 15) is 9.59 Å². The van der Waals surface area contributed by atoms with Crippen LogP contribution in [-0.2, 0) is 16.0 Å². The highest BCUT2D eigenvalue weighted by Crippen LogP contribution is 2.30. The SMILES string of the molecule is CCOC(=O)CC1COc2ccc(C(=O)N(C)c3ccc(C=NN4CCSCC4)cc3)cc2C1. The van der Waals surface area contributed by atoms with Crippen molar-refractivity contribution in [3.05, 3.63) is 59.2 Å². The van der Waals surface area contributed by atoms with Crippen LogP contribution in [0.5, 0.6) is 5.75 Å². The highest BCUT2D eigenvalue weighted by molar-refractivity contribution is 7.99. The van der Waals surface area contributed by atoms with Gasteiger partial charge >= 0.3 is 5.97 Å². The van der Waals surface area contributed by atoms with E-state index in [1.54, 1.807) is 24.9 Å². The first-order valence-electron chi connectivity index (χ1n) is 11.7. The normalized spacial score (nSPS) is 17.7. The maximum atomic E-state index is 13.2. The van der Waals surface area contributed by atoms with Crippen molar-refractivity contribution < 1.29 is 19.1 Å². The highest BCUT2D eigenvalue weighted by atomic mass is 32.2. The fourth-order valence-electron chi connectivity index (χ4n) is 4.09. The van der Waals surface area contributed by atoms with Crippen molar-refractivity contribution in [2.45, 2.75) is 19.8 Å². The molecule has 8 heteroatoms. The molecule has 2 heterocycles. The number of hydrogen-bond acceptors (Lipinski definition) is 7. The van der Waals surface area contributed by atoms with Crippen LogP contribution in [0.25, 0.3) is 0 Å². The largest absolute Gasteiger partial charge is 0.493 e. The van der Waals surface area contributed by atoms with Gasteiger partial charge in [-0.1, -0.05) is 12.1 Å². The Balaban J connectivity index is 1.39. The smallest absolute Gasteiger partial charge is 0.306 e. The number of carbonyl (C=O) groups excluding carboxylic acids is 2. The zero-order chi connectivity index (χ0) is 23.9. The minimum absolute atomic E-state index is 0.0486. The van der Waals surface area contributed by atoms with Gasteiger partial charge < -0.3 is 14.4 Å². The summed E-state index contributed by atoms with van der Waals surface area (Å²) in [6.45, 7) is 4.61. The van der Waals surface area contributed by atoms with Gasteiger partial charge in [-0.25, -0.2) is 0 Å². The van der Waals surface area contributed by atoms with E-state index in [-0.39, 0.29) is 17.8 Å². The Bertz CT molecular complexity index is 1030. The molecule has 0 aromatic heterocycles. The summed E-state index contributed by atoms with van der Waals surface area (Å²) in [5, 5.41) is 6.65. The Morgan fingerprint density at radius 2 is 1.97 bits per heavy atom. The number of nitrogens with zero attached hydrogens (tertiary/aromatic N) is 3. The molecule has 0 spiro atoms. The second-order valence-corrected chi connectivity index (χ2v) is 9.70. The number of hydrogen-bond donors (Lipinski definition) is 0. The van der Waals surface area contributed by atoms with Crippen molar-refractivity contribution in [3.63, 3.8) is 0 Å². The molecular weight excluding hydrogens is 450 g/mol. The summed E-state index contributed by atoms with van der Waals surface area (Å²) in [4.78, 5) is 26.7. The lowest BCUT2D eigenvalue weighted by Crippen LogP contribution is -2.28. The van der Waals surface area contributed by atoms with Gasteiger partial charge in [0.15, 0.2) is 0 Å². The molecule has 180 valence electrons. The first-order valence-corrected chi connectivity index (χ1v) is 12.8. The number of esters is 1. The molecule has 2 aromatic carbocycles. The Morgan fingerprint density at radius 1 is 1.21 bits per heavy atom. The van der Waals surface area contributed by atoms with Crippen LogP contribution in [0.2, 0.25) is 0 Å². The van der Waals surface area contributed by atoms with Crippen LogP contribution in [0, 0.1) is 5.92 Å². The molecule has 2 aliphatic rings. The van der Waals surface area contributed by atoms with E-state index in [1.807, 2.05) is 54.4 Å². The van der Waals surface area contributed by atoms with Gasteiger partial charge in [-0.05, 0) is 54.8 Å². The van der Waals surface area contributed by atoms with Gasteiger partial charge in [-0.2, -0.15) is 16.9 Å². The minimum Gasteiger partial charge on any atom is -0.493 e. The van der Waals surface area contributed by atoms with E-state index in [0.29, 0.717) is 31.6 Å². The molecule has 0 bridgehead atoms. The minimum atomic E-state index is -0.213. The van der Waals surface area contributed by atoms with Gasteiger partial charge in [0.05, 0.1) is 25.8 Å². The van der Waals surface area contributed by atoms with Crippen LogP contribution < -0.4 is 9.64 Å². The number of ether oxygens (including phenoxy) is 2. The molecule has 1 saturated heterocycles. The number of benzene rings is 2. The summed E-state index contributed by atoms with van der Waals surface area (Å²) >= 11 is 1.96. The van der Waals surface area contributed by atoms with E-state index >= 15 is 0 Å². The average molecular weight is 482 g/mol. The van der Waals surface area contributed by atoms with E-state index in [2.05, 4.69) is 10.1 Å². The van der Waals surface area contributed by atoms with Crippen LogP contribution in [-0.4, -0.2) is 68.0 Å². The first-order chi connectivity index (χ1) is 16.5. The Labute approximate surface area is 205 Å². The summed E-state index contributed by atoms with van der Waals surface area (Å²) in [5.74, 6) is 2.74. The molecule has 7 nitrogen and oxygen atoms in total. The molecule has 34 heavy (non-hydrogen) atoms. The second-order valence-electron chi connectivity index (χ2n) is 8.48. The molecule has 1 unspecified atom stereocenters. The van der Waals surface area contributed by atoms with Crippen molar-refractivity contribution in [1.82, 2.24) is 5.01 Å². The number of fused-ring (bicyclic) bond motifs is 1. The fourth-order valence-corrected chi connectivity index (χ4v) is 4.97. The first kappa shape index (κ1) is 24.1. The van der Waals surface area contributed by atoms with Gasteiger partial charge in [0, 0.05) is 48.8 Å². The molecule has 4 rings (SSSR count). The van der Waals surface area contributed by atoms with Gasteiger partial charge in [0.2, 0.25) is 0 Å². The molecule has 1 atom stereocenters.